The molecule has 16 rings (SSSR count). The number of benzene rings is 4. The van der Waals surface area contributed by atoms with Gasteiger partial charge in [0.15, 0.2) is 23.3 Å². The van der Waals surface area contributed by atoms with E-state index in [0.717, 1.165) is 211 Å². The molecule has 0 bridgehead atoms. The molecule has 8 aliphatic heterocycles. The van der Waals surface area contributed by atoms with Gasteiger partial charge in [0.05, 0.1) is 211 Å². The first-order valence-electron chi connectivity index (χ1n) is 36.6. The van der Waals surface area contributed by atoms with Gasteiger partial charge in [-0.05, 0) is 48.5 Å². The fourth-order valence-electron chi connectivity index (χ4n) is 9.77. The lowest BCUT2D eigenvalue weighted by Crippen LogP contribution is -2.45. The summed E-state index contributed by atoms with van der Waals surface area (Å²) in [5.41, 5.74) is 48.2. The van der Waals surface area contributed by atoms with E-state index in [-0.39, 0.29) is 97.3 Å². The summed E-state index contributed by atoms with van der Waals surface area (Å²) >= 11 is 0. The van der Waals surface area contributed by atoms with Crippen LogP contribution >= 0.6 is 0 Å². The SMILES string of the molecule is C1COCCO1.C1COCCO1.C1COCCO1.C1COCCO1.C1COCCO1.C1COCCO1.C1COCCO1.C1COCCO1.Nc1nc(N)nc(-c2cccc(OCC(COc3cccc(-c4nc(N)nc(N)n4)c3)(COc3cccc(-c4nc(N)nc(N)n4)c3)COc3cccc(-c4nc(N)nc(N)n4)c3)c2)n1. The Hall–Kier alpha value is -10.1. The van der Waals surface area contributed by atoms with Crippen LogP contribution in [0.25, 0.3) is 45.6 Å². The predicted molar refractivity (Wildman–Crippen MR) is 414 cm³/mol. The van der Waals surface area contributed by atoms with Crippen molar-refractivity contribution in [2.75, 3.05) is 284 Å². The molecule has 8 fully saturated rings. The van der Waals surface area contributed by atoms with E-state index in [1.807, 2.05) is 0 Å². The number of nitrogens with zero attached hydrogens (tertiary/aromatic N) is 12. The van der Waals surface area contributed by atoms with E-state index in [0.29, 0.717) is 45.3 Å². The molecule has 40 heteroatoms. The quantitative estimate of drug-likeness (QED) is 0.0689. The summed E-state index contributed by atoms with van der Waals surface area (Å²) in [6.45, 7) is 24.7. The Balaban J connectivity index is 0.000000260. The van der Waals surface area contributed by atoms with Gasteiger partial charge in [-0.15, -0.1) is 0 Å². The van der Waals surface area contributed by atoms with Crippen molar-refractivity contribution in [2.24, 2.45) is 5.41 Å². The number of hydrogen-bond donors (Lipinski definition) is 8. The normalized spacial score (nSPS) is 16.6. The lowest BCUT2D eigenvalue weighted by molar-refractivity contribution is -0.0334. The minimum Gasteiger partial charge on any atom is -0.493 e. The highest BCUT2D eigenvalue weighted by atomic mass is 16.6. The van der Waals surface area contributed by atoms with Crippen molar-refractivity contribution in [3.05, 3.63) is 97.1 Å². The Labute approximate surface area is 654 Å². The molecule has 113 heavy (non-hydrogen) atoms. The minimum atomic E-state index is -1.12. The minimum absolute atomic E-state index is 0.0335. The summed E-state index contributed by atoms with van der Waals surface area (Å²) in [6, 6.07) is 28.3. The van der Waals surface area contributed by atoms with E-state index in [1.54, 1.807) is 97.1 Å². The van der Waals surface area contributed by atoms with Crippen LogP contribution in [0.5, 0.6) is 23.0 Å². The van der Waals surface area contributed by atoms with Crippen molar-refractivity contribution < 1.29 is 94.7 Å². The molecule has 0 spiro atoms. The first-order valence-corrected chi connectivity index (χ1v) is 36.6. The molecule has 40 nitrogen and oxygen atoms in total. The molecule has 4 aromatic carbocycles. The highest BCUT2D eigenvalue weighted by Gasteiger charge is 2.36. The third-order valence-electron chi connectivity index (χ3n) is 15.2. The molecular weight excluding hydrogens is 1480 g/mol. The van der Waals surface area contributed by atoms with E-state index in [2.05, 4.69) is 59.8 Å². The lowest BCUT2D eigenvalue weighted by atomic mass is 9.92. The number of rotatable bonds is 16. The second-order valence-corrected chi connectivity index (χ2v) is 24.1. The monoisotopic (exact) mass is 1580 g/mol. The van der Waals surface area contributed by atoms with Gasteiger partial charge < -0.3 is 141 Å². The predicted octanol–water partition coefficient (Wildman–Crippen LogP) is 2.62. The average Bonchev–Trinajstić information content (AvgIpc) is 0.808. The molecule has 0 atom stereocenters. The molecule has 0 amide bonds. The van der Waals surface area contributed by atoms with E-state index >= 15 is 0 Å². The molecule has 616 valence electrons. The Kier molecular flexibility index (Phi) is 41.5. The topological polar surface area (TPSA) is 547 Å². The Morgan fingerprint density at radius 1 is 0.204 bits per heavy atom. The number of nitrogens with two attached hydrogens (primary N) is 8. The fourth-order valence-corrected chi connectivity index (χ4v) is 9.77. The Morgan fingerprint density at radius 3 is 0.460 bits per heavy atom. The third kappa shape index (κ3) is 36.9. The smallest absolute Gasteiger partial charge is 0.225 e. The molecule has 8 aliphatic rings. The van der Waals surface area contributed by atoms with Gasteiger partial charge in [-0.1, -0.05) is 48.5 Å². The third-order valence-corrected chi connectivity index (χ3v) is 15.2. The van der Waals surface area contributed by atoms with Crippen LogP contribution in [0.2, 0.25) is 0 Å². The summed E-state index contributed by atoms with van der Waals surface area (Å²) < 4.78 is 105. The van der Waals surface area contributed by atoms with Crippen LogP contribution in [-0.4, -0.2) is 298 Å². The van der Waals surface area contributed by atoms with Gasteiger partial charge in [0.25, 0.3) is 0 Å². The summed E-state index contributed by atoms with van der Waals surface area (Å²) in [6.07, 6.45) is 0. The molecule has 0 aliphatic carbocycles. The number of aromatic nitrogens is 12. The lowest BCUT2D eigenvalue weighted by Gasteiger charge is -2.33. The van der Waals surface area contributed by atoms with Gasteiger partial charge in [0.1, 0.15) is 54.8 Å². The van der Waals surface area contributed by atoms with Gasteiger partial charge >= 0.3 is 0 Å². The second kappa shape index (κ2) is 53.0. The molecule has 8 saturated heterocycles. The van der Waals surface area contributed by atoms with Crippen molar-refractivity contribution in [3.63, 3.8) is 0 Å². The maximum Gasteiger partial charge on any atom is 0.225 e. The molecule has 12 heterocycles. The largest absolute Gasteiger partial charge is 0.493 e. The molecule has 0 radical (unpaired) electrons. The van der Waals surface area contributed by atoms with Gasteiger partial charge in [0.2, 0.25) is 47.6 Å². The number of hydrogen-bond acceptors (Lipinski definition) is 40. The van der Waals surface area contributed by atoms with E-state index in [9.17, 15) is 0 Å². The molecule has 8 aromatic rings. The van der Waals surface area contributed by atoms with Crippen molar-refractivity contribution in [2.45, 2.75) is 0 Å². The summed E-state index contributed by atoms with van der Waals surface area (Å²) in [4.78, 5) is 49.4. The van der Waals surface area contributed by atoms with Crippen LogP contribution in [0, 0.1) is 5.41 Å². The zero-order valence-electron chi connectivity index (χ0n) is 63.3. The summed E-state index contributed by atoms with van der Waals surface area (Å²) in [5, 5.41) is 0. The summed E-state index contributed by atoms with van der Waals surface area (Å²) in [7, 11) is 0. The highest BCUT2D eigenvalue weighted by molar-refractivity contribution is 5.62. The van der Waals surface area contributed by atoms with Crippen molar-refractivity contribution in [1.29, 1.82) is 0 Å². The van der Waals surface area contributed by atoms with Gasteiger partial charge in [-0.3, -0.25) is 0 Å². The second-order valence-electron chi connectivity index (χ2n) is 24.1. The van der Waals surface area contributed by atoms with Gasteiger partial charge in [-0.25, -0.2) is 0 Å². The van der Waals surface area contributed by atoms with Crippen molar-refractivity contribution >= 4 is 47.6 Å². The van der Waals surface area contributed by atoms with Crippen molar-refractivity contribution in [3.8, 4) is 68.5 Å². The van der Waals surface area contributed by atoms with Crippen LogP contribution in [0.15, 0.2) is 97.1 Å². The molecular formula is C73H104N20O20. The average molecular weight is 1580 g/mol. The fraction of sp³-hybridized carbons (Fsp3) is 0.507. The number of nitrogen functional groups attached to an aromatic ring is 8. The zero-order valence-corrected chi connectivity index (χ0v) is 63.3. The van der Waals surface area contributed by atoms with E-state index in [4.69, 9.17) is 141 Å². The first kappa shape index (κ1) is 88.4. The van der Waals surface area contributed by atoms with Crippen LogP contribution in [0.1, 0.15) is 0 Å². The molecule has 16 N–H and O–H groups in total. The Bertz CT molecular complexity index is 3200. The standard InChI is InChI=1S/C41H40N20O4.8C4H8O2/c42-33-50-29(51-34(43)58-33)21-5-1-9-25(13-21)62-17-41(18-63-26-10-2-6-22(14-26)30-52-35(44)59-36(45)53-30,19-64-27-11-3-7-23(15-27)31-54-37(46)60-38(47)55-31)20-65-28-12-4-8-24(16-28)32-56-39(48)61-40(49)57-32;8*1-2-6-4-3-5-1/h1-16H,17-20H2,(H4,42,43,50,51,58)(H4,44,45,52,53,59)(H4,46,47,54,55,60)(H4,48,49,56,57,61);8*1-4H2. The highest BCUT2D eigenvalue weighted by Crippen LogP contribution is 2.32. The van der Waals surface area contributed by atoms with Gasteiger partial charge in [-0.2, -0.15) is 59.8 Å². The van der Waals surface area contributed by atoms with E-state index in [1.165, 1.54) is 0 Å². The van der Waals surface area contributed by atoms with E-state index < -0.39 is 5.41 Å². The summed E-state index contributed by atoms with van der Waals surface area (Å²) in [5.74, 6) is 2.52. The van der Waals surface area contributed by atoms with Gasteiger partial charge in [0, 0.05) is 22.3 Å². The first-order chi connectivity index (χ1) is 55.3. The van der Waals surface area contributed by atoms with Crippen LogP contribution in [0.4, 0.5) is 47.6 Å². The van der Waals surface area contributed by atoms with Crippen molar-refractivity contribution in [1.82, 2.24) is 59.8 Å². The van der Waals surface area contributed by atoms with Crippen LogP contribution in [-0.2, 0) is 75.8 Å². The van der Waals surface area contributed by atoms with Crippen LogP contribution < -0.4 is 64.8 Å². The molecule has 4 aromatic heterocycles. The number of anilines is 8. The maximum atomic E-state index is 6.58. The molecule has 0 saturated carbocycles. The van der Waals surface area contributed by atoms with Crippen LogP contribution in [0.3, 0.4) is 0 Å². The Morgan fingerprint density at radius 2 is 0.336 bits per heavy atom. The molecule has 0 unspecified atom stereocenters. The zero-order chi connectivity index (χ0) is 79.4. The number of ether oxygens (including phenoxy) is 20. The maximum absolute atomic E-state index is 6.58.